The highest BCUT2D eigenvalue weighted by molar-refractivity contribution is 5.96. The third kappa shape index (κ3) is 4.03. The number of nitrogens with zero attached hydrogens (tertiary/aromatic N) is 1. The molecule has 0 radical (unpaired) electrons. The maximum atomic E-state index is 11.8. The largest absolute Gasteiger partial charge is 0.294 e. The summed E-state index contributed by atoms with van der Waals surface area (Å²) in [5, 5.41) is 8.41. The second-order valence-electron chi connectivity index (χ2n) is 4.37. The van der Waals surface area contributed by atoms with Gasteiger partial charge in [-0.1, -0.05) is 38.1 Å². The lowest BCUT2D eigenvalue weighted by molar-refractivity contribution is 0.0980. The fourth-order valence-corrected chi connectivity index (χ4v) is 1.71. The minimum Gasteiger partial charge on any atom is -0.294 e. The van der Waals surface area contributed by atoms with Crippen molar-refractivity contribution in [3.05, 3.63) is 35.4 Å². The number of unbranched alkanes of at least 4 members (excludes halogenated alkanes) is 1. The van der Waals surface area contributed by atoms with Crippen molar-refractivity contribution in [2.75, 3.05) is 0 Å². The number of hydrogen-bond donors (Lipinski definition) is 0. The summed E-state index contributed by atoms with van der Waals surface area (Å²) in [6.45, 7) is 4.34. The molecule has 1 aromatic rings. The minimum absolute atomic E-state index is 0.135. The van der Waals surface area contributed by atoms with Crippen molar-refractivity contribution in [2.45, 2.75) is 45.4 Å². The van der Waals surface area contributed by atoms with Gasteiger partial charge in [-0.3, -0.25) is 4.79 Å². The Balaban J connectivity index is 2.61. The SMILES string of the molecule is CCC(C)c1ccc(C(=O)CCCC#N)cc1. The Kier molecular flexibility index (Phi) is 5.42. The fourth-order valence-electron chi connectivity index (χ4n) is 1.71. The quantitative estimate of drug-likeness (QED) is 0.545. The number of carbonyl (C=O) groups excluding carboxylic acids is 1. The van der Waals surface area contributed by atoms with Crippen LogP contribution in [-0.2, 0) is 0 Å². The van der Waals surface area contributed by atoms with Gasteiger partial charge in [-0.05, 0) is 24.3 Å². The number of benzene rings is 1. The molecule has 0 spiro atoms. The first-order valence-electron chi connectivity index (χ1n) is 6.19. The van der Waals surface area contributed by atoms with Crippen LogP contribution in [0.3, 0.4) is 0 Å². The van der Waals surface area contributed by atoms with Gasteiger partial charge in [0, 0.05) is 18.4 Å². The summed E-state index contributed by atoms with van der Waals surface area (Å²) >= 11 is 0. The van der Waals surface area contributed by atoms with Gasteiger partial charge in [0.25, 0.3) is 0 Å². The van der Waals surface area contributed by atoms with Crippen molar-refractivity contribution in [2.24, 2.45) is 0 Å². The van der Waals surface area contributed by atoms with E-state index in [1.165, 1.54) is 5.56 Å². The van der Waals surface area contributed by atoms with Gasteiger partial charge in [0.1, 0.15) is 0 Å². The van der Waals surface area contributed by atoms with Crippen LogP contribution in [0, 0.1) is 11.3 Å². The second-order valence-corrected chi connectivity index (χ2v) is 4.37. The van der Waals surface area contributed by atoms with Crippen LogP contribution in [0.25, 0.3) is 0 Å². The summed E-state index contributed by atoms with van der Waals surface area (Å²) in [6, 6.07) is 9.92. The molecule has 0 amide bonds. The molecular weight excluding hydrogens is 210 g/mol. The van der Waals surface area contributed by atoms with Gasteiger partial charge in [0.15, 0.2) is 5.78 Å². The first-order valence-corrected chi connectivity index (χ1v) is 6.19. The van der Waals surface area contributed by atoms with Crippen molar-refractivity contribution in [3.63, 3.8) is 0 Å². The average molecular weight is 229 g/mol. The van der Waals surface area contributed by atoms with Crippen molar-refractivity contribution in [1.29, 1.82) is 5.26 Å². The first-order chi connectivity index (χ1) is 8.19. The van der Waals surface area contributed by atoms with E-state index >= 15 is 0 Å². The Bertz CT molecular complexity index is 400. The van der Waals surface area contributed by atoms with Crippen LogP contribution in [0.15, 0.2) is 24.3 Å². The molecule has 2 nitrogen and oxygen atoms in total. The Hall–Kier alpha value is -1.62. The third-order valence-electron chi connectivity index (χ3n) is 3.11. The molecule has 1 atom stereocenters. The summed E-state index contributed by atoms with van der Waals surface area (Å²) in [7, 11) is 0. The van der Waals surface area contributed by atoms with E-state index in [1.807, 2.05) is 24.3 Å². The van der Waals surface area contributed by atoms with Crippen LogP contribution in [-0.4, -0.2) is 5.78 Å². The van der Waals surface area contributed by atoms with E-state index in [1.54, 1.807) is 0 Å². The van der Waals surface area contributed by atoms with Gasteiger partial charge < -0.3 is 0 Å². The second kappa shape index (κ2) is 6.85. The van der Waals surface area contributed by atoms with Gasteiger partial charge in [0.2, 0.25) is 0 Å². The summed E-state index contributed by atoms with van der Waals surface area (Å²) in [6.07, 6.45) is 2.69. The standard InChI is InChI=1S/C15H19NO/c1-3-12(2)13-7-9-14(10-8-13)15(17)6-4-5-11-16/h7-10,12H,3-6H2,1-2H3. The number of hydrogen-bond acceptors (Lipinski definition) is 2. The molecule has 0 aromatic heterocycles. The molecule has 0 N–H and O–H groups in total. The number of carbonyl (C=O) groups is 1. The van der Waals surface area contributed by atoms with E-state index in [4.69, 9.17) is 5.26 Å². The molecule has 2 heteroatoms. The van der Waals surface area contributed by atoms with E-state index < -0.39 is 0 Å². The van der Waals surface area contributed by atoms with E-state index in [-0.39, 0.29) is 5.78 Å². The lowest BCUT2D eigenvalue weighted by Gasteiger charge is -2.09. The number of rotatable bonds is 6. The zero-order valence-corrected chi connectivity index (χ0v) is 10.6. The highest BCUT2D eigenvalue weighted by Crippen LogP contribution is 2.19. The molecule has 0 fully saturated rings. The van der Waals surface area contributed by atoms with Gasteiger partial charge in [0.05, 0.1) is 6.07 Å². The molecule has 90 valence electrons. The van der Waals surface area contributed by atoms with Crippen LogP contribution >= 0.6 is 0 Å². The lowest BCUT2D eigenvalue weighted by atomic mass is 9.96. The van der Waals surface area contributed by atoms with E-state index in [2.05, 4.69) is 19.9 Å². The van der Waals surface area contributed by atoms with Crippen molar-refractivity contribution in [3.8, 4) is 6.07 Å². The molecule has 1 rings (SSSR count). The van der Waals surface area contributed by atoms with Gasteiger partial charge >= 0.3 is 0 Å². The highest BCUT2D eigenvalue weighted by Gasteiger charge is 2.07. The maximum Gasteiger partial charge on any atom is 0.162 e. The number of Topliss-reactive ketones (excluding diaryl/α,β-unsaturated/α-hetero) is 1. The summed E-state index contributed by atoms with van der Waals surface area (Å²) in [5.74, 6) is 0.675. The molecular formula is C15H19NO. The first kappa shape index (κ1) is 13.4. The van der Waals surface area contributed by atoms with Crippen molar-refractivity contribution in [1.82, 2.24) is 0 Å². The monoisotopic (exact) mass is 229 g/mol. The average Bonchev–Trinajstić information content (AvgIpc) is 2.38. The van der Waals surface area contributed by atoms with Crippen LogP contribution in [0.5, 0.6) is 0 Å². The van der Waals surface area contributed by atoms with E-state index in [0.29, 0.717) is 25.2 Å². The molecule has 0 heterocycles. The Morgan fingerprint density at radius 3 is 2.53 bits per heavy atom. The predicted octanol–water partition coefficient (Wildman–Crippen LogP) is 4.08. The van der Waals surface area contributed by atoms with Crippen molar-refractivity contribution < 1.29 is 4.79 Å². The third-order valence-corrected chi connectivity index (χ3v) is 3.11. The zero-order chi connectivity index (χ0) is 12.7. The summed E-state index contributed by atoms with van der Waals surface area (Å²) < 4.78 is 0. The fraction of sp³-hybridized carbons (Fsp3) is 0.467. The van der Waals surface area contributed by atoms with E-state index in [9.17, 15) is 4.79 Å². The number of nitriles is 1. The molecule has 0 bridgehead atoms. The van der Waals surface area contributed by atoms with Crippen LogP contribution in [0.1, 0.15) is 61.4 Å². The minimum atomic E-state index is 0.135. The molecule has 0 aliphatic rings. The van der Waals surface area contributed by atoms with Gasteiger partial charge in [-0.15, -0.1) is 0 Å². The molecule has 0 aliphatic heterocycles. The van der Waals surface area contributed by atoms with Crippen molar-refractivity contribution >= 4 is 5.78 Å². The van der Waals surface area contributed by atoms with Crippen LogP contribution in [0.2, 0.25) is 0 Å². The molecule has 1 unspecified atom stereocenters. The molecule has 1 aromatic carbocycles. The topological polar surface area (TPSA) is 40.9 Å². The molecule has 0 aliphatic carbocycles. The lowest BCUT2D eigenvalue weighted by Crippen LogP contribution is -1.99. The van der Waals surface area contributed by atoms with Crippen LogP contribution in [0.4, 0.5) is 0 Å². The van der Waals surface area contributed by atoms with Crippen LogP contribution < -0.4 is 0 Å². The van der Waals surface area contributed by atoms with Gasteiger partial charge in [-0.2, -0.15) is 5.26 Å². The molecule has 0 saturated carbocycles. The number of ketones is 1. The van der Waals surface area contributed by atoms with E-state index in [0.717, 1.165) is 12.0 Å². The Morgan fingerprint density at radius 1 is 1.35 bits per heavy atom. The molecule has 17 heavy (non-hydrogen) atoms. The Labute approximate surface area is 103 Å². The maximum absolute atomic E-state index is 11.8. The zero-order valence-electron chi connectivity index (χ0n) is 10.6. The molecule has 0 saturated heterocycles. The summed E-state index contributed by atoms with van der Waals surface area (Å²) in [5.41, 5.74) is 2.04. The smallest absolute Gasteiger partial charge is 0.162 e. The predicted molar refractivity (Wildman–Crippen MR) is 68.9 cm³/mol. The van der Waals surface area contributed by atoms with Gasteiger partial charge in [-0.25, -0.2) is 0 Å². The highest BCUT2D eigenvalue weighted by atomic mass is 16.1. The Morgan fingerprint density at radius 2 is 2.00 bits per heavy atom. The normalized spacial score (nSPS) is 11.8. The summed E-state index contributed by atoms with van der Waals surface area (Å²) in [4.78, 5) is 11.8.